The van der Waals surface area contributed by atoms with Gasteiger partial charge in [0.1, 0.15) is 12.3 Å². The van der Waals surface area contributed by atoms with Crippen LogP contribution in [0.25, 0.3) is 0 Å². The molecule has 0 amide bonds. The van der Waals surface area contributed by atoms with Crippen LogP contribution >= 0.6 is 0 Å². The smallest absolute Gasteiger partial charge is 0.145 e. The van der Waals surface area contributed by atoms with Crippen molar-refractivity contribution in [3.05, 3.63) is 18.6 Å². The molecule has 0 aliphatic carbocycles. The van der Waals surface area contributed by atoms with Gasteiger partial charge in [0.05, 0.1) is 0 Å². The summed E-state index contributed by atoms with van der Waals surface area (Å²) in [6.45, 7) is 2.05. The second-order valence-electron chi connectivity index (χ2n) is 2.37. The van der Waals surface area contributed by atoms with E-state index in [0.29, 0.717) is 0 Å². The van der Waals surface area contributed by atoms with Gasteiger partial charge in [-0.2, -0.15) is 0 Å². The van der Waals surface area contributed by atoms with Gasteiger partial charge in [0, 0.05) is 25.5 Å². The molecule has 4 N–H and O–H groups in total. The molecule has 2 heterocycles. The largest absolute Gasteiger partial charge is 0.367 e. The van der Waals surface area contributed by atoms with E-state index >= 15 is 0 Å². The van der Waals surface area contributed by atoms with E-state index in [4.69, 9.17) is 0 Å². The Morgan fingerprint density at radius 1 is 1.10 bits per heavy atom. The summed E-state index contributed by atoms with van der Waals surface area (Å²) >= 11 is 0. The minimum Gasteiger partial charge on any atom is -0.367 e. The summed E-state index contributed by atoms with van der Waals surface area (Å²) in [6, 6.07) is 0. The first kappa shape index (κ1) is 6.00. The standard InChI is InChI=1S/C6H11N4/c1-2-8-5(7-1)6-9-3-4-10-6/h1-2,5,7-10H,3-4H2. The topological polar surface area (TPSA) is 48.1 Å². The van der Waals surface area contributed by atoms with Crippen molar-refractivity contribution >= 4 is 0 Å². The fourth-order valence-electron chi connectivity index (χ4n) is 1.16. The van der Waals surface area contributed by atoms with Crippen molar-refractivity contribution in [2.75, 3.05) is 13.1 Å². The van der Waals surface area contributed by atoms with Crippen molar-refractivity contribution in [3.63, 3.8) is 0 Å². The molecule has 0 spiro atoms. The van der Waals surface area contributed by atoms with Crippen LogP contribution in [0, 0.1) is 6.17 Å². The van der Waals surface area contributed by atoms with Crippen molar-refractivity contribution in [3.8, 4) is 0 Å². The predicted octanol–water partition coefficient (Wildman–Crippen LogP) is -1.34. The summed E-state index contributed by atoms with van der Waals surface area (Å²) in [5.41, 5.74) is 0. The number of nitrogens with one attached hydrogen (secondary N) is 4. The molecule has 1 fully saturated rings. The third kappa shape index (κ3) is 0.955. The molecule has 0 aromatic heterocycles. The molecular formula is C6H11N4. The summed E-state index contributed by atoms with van der Waals surface area (Å²) in [6.07, 6.45) is 5.19. The Hall–Kier alpha value is -0.740. The van der Waals surface area contributed by atoms with Gasteiger partial charge in [-0.15, -0.1) is 0 Å². The molecule has 10 heavy (non-hydrogen) atoms. The number of rotatable bonds is 1. The van der Waals surface area contributed by atoms with Crippen LogP contribution in [-0.2, 0) is 0 Å². The zero-order valence-corrected chi connectivity index (χ0v) is 5.65. The zero-order chi connectivity index (χ0) is 6.81. The van der Waals surface area contributed by atoms with Crippen LogP contribution in [0.5, 0.6) is 0 Å². The van der Waals surface area contributed by atoms with E-state index in [2.05, 4.69) is 21.3 Å². The molecule has 1 saturated heterocycles. The second-order valence-corrected chi connectivity index (χ2v) is 2.37. The van der Waals surface area contributed by atoms with Crippen molar-refractivity contribution < 1.29 is 0 Å². The van der Waals surface area contributed by atoms with E-state index < -0.39 is 0 Å². The normalized spacial score (nSPS) is 26.8. The maximum Gasteiger partial charge on any atom is 0.145 e. The van der Waals surface area contributed by atoms with Crippen LogP contribution in [0.3, 0.4) is 0 Å². The minimum absolute atomic E-state index is 0.238. The lowest BCUT2D eigenvalue weighted by Gasteiger charge is -2.18. The molecule has 0 saturated carbocycles. The molecular weight excluding hydrogens is 128 g/mol. The van der Waals surface area contributed by atoms with Crippen molar-refractivity contribution in [2.24, 2.45) is 0 Å². The first-order chi connectivity index (χ1) is 4.97. The number of hydrogen-bond donors (Lipinski definition) is 4. The van der Waals surface area contributed by atoms with Gasteiger partial charge in [0.2, 0.25) is 0 Å². The molecule has 2 aliphatic heterocycles. The fourth-order valence-corrected chi connectivity index (χ4v) is 1.16. The molecule has 0 aromatic rings. The van der Waals surface area contributed by atoms with Crippen LogP contribution in [0.4, 0.5) is 0 Å². The maximum absolute atomic E-state index is 3.24. The maximum atomic E-state index is 3.24. The molecule has 4 heteroatoms. The van der Waals surface area contributed by atoms with Crippen LogP contribution in [0.15, 0.2) is 12.4 Å². The molecule has 55 valence electrons. The average molecular weight is 139 g/mol. The van der Waals surface area contributed by atoms with Gasteiger partial charge in [-0.1, -0.05) is 0 Å². The summed E-state index contributed by atoms with van der Waals surface area (Å²) in [5, 5.41) is 12.8. The van der Waals surface area contributed by atoms with E-state index in [-0.39, 0.29) is 6.17 Å². The minimum atomic E-state index is 0.238. The molecule has 0 bridgehead atoms. The van der Waals surface area contributed by atoms with Crippen LogP contribution in [0.2, 0.25) is 0 Å². The highest BCUT2D eigenvalue weighted by atomic mass is 15.3. The van der Waals surface area contributed by atoms with Gasteiger partial charge in [-0.05, 0) is 0 Å². The second kappa shape index (κ2) is 2.48. The first-order valence-corrected chi connectivity index (χ1v) is 3.48. The van der Waals surface area contributed by atoms with Crippen molar-refractivity contribution in [2.45, 2.75) is 6.17 Å². The zero-order valence-electron chi connectivity index (χ0n) is 5.65. The molecule has 2 aliphatic rings. The summed E-state index contributed by atoms with van der Waals surface area (Å²) in [5.74, 6) is 0. The summed E-state index contributed by atoms with van der Waals surface area (Å²) in [4.78, 5) is 0. The lowest BCUT2D eigenvalue weighted by molar-refractivity contribution is 0.508. The Morgan fingerprint density at radius 2 is 1.70 bits per heavy atom. The van der Waals surface area contributed by atoms with Crippen LogP contribution < -0.4 is 21.3 Å². The monoisotopic (exact) mass is 139 g/mol. The Labute approximate surface area is 60.1 Å². The molecule has 4 nitrogen and oxygen atoms in total. The van der Waals surface area contributed by atoms with E-state index in [0.717, 1.165) is 19.3 Å². The van der Waals surface area contributed by atoms with Crippen LogP contribution in [0.1, 0.15) is 0 Å². The van der Waals surface area contributed by atoms with E-state index in [9.17, 15) is 0 Å². The summed E-state index contributed by atoms with van der Waals surface area (Å²) in [7, 11) is 0. The number of hydrogen-bond acceptors (Lipinski definition) is 4. The van der Waals surface area contributed by atoms with E-state index in [1.54, 1.807) is 0 Å². The highest BCUT2D eigenvalue weighted by Crippen LogP contribution is 2.02. The van der Waals surface area contributed by atoms with Crippen molar-refractivity contribution in [1.29, 1.82) is 0 Å². The van der Waals surface area contributed by atoms with Gasteiger partial charge in [-0.3, -0.25) is 10.6 Å². The Bertz CT molecular complexity index is 131. The quantitative estimate of drug-likeness (QED) is 0.363. The van der Waals surface area contributed by atoms with Gasteiger partial charge in [-0.25, -0.2) is 0 Å². The fraction of sp³-hybridized carbons (Fsp3) is 0.500. The highest BCUT2D eigenvalue weighted by molar-refractivity contribution is 5.06. The summed E-state index contributed by atoms with van der Waals surface area (Å²) < 4.78 is 0. The first-order valence-electron chi connectivity index (χ1n) is 3.48. The predicted molar refractivity (Wildman–Crippen MR) is 38.4 cm³/mol. The Morgan fingerprint density at radius 3 is 2.30 bits per heavy atom. The molecule has 0 atom stereocenters. The lowest BCUT2D eigenvalue weighted by atomic mass is 10.4. The Balaban J connectivity index is 1.87. The van der Waals surface area contributed by atoms with E-state index in [1.807, 2.05) is 12.4 Å². The lowest BCUT2D eigenvalue weighted by Crippen LogP contribution is -2.46. The SMILES string of the molecule is C1=CNC([C]2NCCN2)N1. The highest BCUT2D eigenvalue weighted by Gasteiger charge is 2.24. The van der Waals surface area contributed by atoms with Crippen LogP contribution in [-0.4, -0.2) is 19.3 Å². The van der Waals surface area contributed by atoms with Crippen molar-refractivity contribution in [1.82, 2.24) is 21.3 Å². The Kier molecular flexibility index (Phi) is 1.49. The third-order valence-corrected chi connectivity index (χ3v) is 1.65. The van der Waals surface area contributed by atoms with Gasteiger partial charge >= 0.3 is 0 Å². The van der Waals surface area contributed by atoms with Gasteiger partial charge in [0.25, 0.3) is 0 Å². The molecule has 2 rings (SSSR count). The third-order valence-electron chi connectivity index (χ3n) is 1.65. The molecule has 1 radical (unpaired) electrons. The molecule has 0 unspecified atom stereocenters. The molecule has 0 aromatic carbocycles. The van der Waals surface area contributed by atoms with Gasteiger partial charge in [0.15, 0.2) is 0 Å². The van der Waals surface area contributed by atoms with E-state index in [1.165, 1.54) is 0 Å². The average Bonchev–Trinajstić information content (AvgIpc) is 2.59. The van der Waals surface area contributed by atoms with Gasteiger partial charge < -0.3 is 10.6 Å².